The number of carboxylic acid groups (broad SMARTS) is 1. The predicted octanol–water partition coefficient (Wildman–Crippen LogP) is 4.59. The topological polar surface area (TPSA) is 76.1 Å². The smallest absolute Gasteiger partial charge is 0.411 e. The van der Waals surface area contributed by atoms with E-state index >= 15 is 0 Å². The van der Waals surface area contributed by atoms with Crippen LogP contribution in [0.1, 0.15) is 28.3 Å². The molecule has 0 saturated heterocycles. The monoisotopic (exact) mass is 417 g/mol. The second kappa shape index (κ2) is 9.34. The zero-order chi connectivity index (χ0) is 21.6. The number of benzene rings is 3. The minimum absolute atomic E-state index is 0.0988. The molecule has 0 aromatic heterocycles. The number of hydrogen-bond donors (Lipinski definition) is 1. The molecule has 6 heteroatoms. The van der Waals surface area contributed by atoms with E-state index in [1.165, 1.54) is 4.90 Å². The van der Waals surface area contributed by atoms with Crippen molar-refractivity contribution in [3.63, 3.8) is 0 Å². The van der Waals surface area contributed by atoms with Gasteiger partial charge in [0.1, 0.15) is 19.0 Å². The van der Waals surface area contributed by atoms with Crippen molar-refractivity contribution in [2.45, 2.75) is 25.7 Å². The summed E-state index contributed by atoms with van der Waals surface area (Å²) in [7, 11) is 0. The van der Waals surface area contributed by atoms with Crippen molar-refractivity contribution in [2.24, 2.45) is 0 Å². The normalized spacial score (nSPS) is 15.1. The Bertz CT molecular complexity index is 1050. The van der Waals surface area contributed by atoms with Crippen LogP contribution in [0.5, 0.6) is 5.75 Å². The molecule has 0 radical (unpaired) electrons. The highest BCUT2D eigenvalue weighted by molar-refractivity contribution is 5.82. The van der Waals surface area contributed by atoms with Crippen LogP contribution in [0, 0.1) is 0 Å². The van der Waals surface area contributed by atoms with Crippen LogP contribution in [-0.4, -0.2) is 28.6 Å². The number of hydrogen-bond acceptors (Lipinski definition) is 4. The molecule has 0 saturated carbocycles. The second-order valence-corrected chi connectivity index (χ2v) is 7.36. The summed E-state index contributed by atoms with van der Waals surface area (Å²) >= 11 is 0. The summed E-state index contributed by atoms with van der Waals surface area (Å²) in [5, 5.41) is 9.83. The highest BCUT2D eigenvalue weighted by Crippen LogP contribution is 2.33. The zero-order valence-electron chi connectivity index (χ0n) is 16.9. The molecule has 3 aromatic rings. The van der Waals surface area contributed by atoms with Crippen molar-refractivity contribution < 1.29 is 24.2 Å². The first kappa shape index (κ1) is 20.5. The van der Waals surface area contributed by atoms with Gasteiger partial charge < -0.3 is 14.6 Å². The van der Waals surface area contributed by atoms with Crippen LogP contribution in [0.15, 0.2) is 78.9 Å². The lowest BCUT2D eigenvalue weighted by Gasteiger charge is -2.34. The molecule has 6 nitrogen and oxygen atoms in total. The molecule has 31 heavy (non-hydrogen) atoms. The van der Waals surface area contributed by atoms with E-state index in [9.17, 15) is 14.7 Å². The van der Waals surface area contributed by atoms with E-state index in [0.717, 1.165) is 16.7 Å². The number of carboxylic acids is 1. The van der Waals surface area contributed by atoms with Crippen LogP contribution in [0.2, 0.25) is 0 Å². The summed E-state index contributed by atoms with van der Waals surface area (Å²) in [5.41, 5.74) is 3.35. The molecule has 4 rings (SSSR count). The van der Waals surface area contributed by atoms with Crippen LogP contribution >= 0.6 is 0 Å². The molecule has 0 bridgehead atoms. The number of carbonyl (C=O) groups is 2. The van der Waals surface area contributed by atoms with E-state index in [1.807, 2.05) is 66.7 Å². The standard InChI is InChI=1S/C25H23NO5/c27-24(28)23-22-12-11-21(30-16-18-7-3-1-4-8-18)15-20(22)13-14-26(23)25(29)31-17-19-9-5-2-6-10-19/h1-12,15,23H,13-14,16-17H2,(H,27,28). The Balaban J connectivity index is 1.46. The summed E-state index contributed by atoms with van der Waals surface area (Å²) < 4.78 is 11.2. The minimum atomic E-state index is -1.09. The van der Waals surface area contributed by atoms with Crippen LogP contribution in [-0.2, 0) is 29.2 Å². The average molecular weight is 417 g/mol. The summed E-state index contributed by atoms with van der Waals surface area (Å²) in [4.78, 5) is 25.9. The van der Waals surface area contributed by atoms with E-state index in [0.29, 0.717) is 24.3 Å². The lowest BCUT2D eigenvalue weighted by atomic mass is 9.92. The van der Waals surface area contributed by atoms with Gasteiger partial charge >= 0.3 is 12.1 Å². The van der Waals surface area contributed by atoms with E-state index in [-0.39, 0.29) is 13.2 Å². The molecule has 1 heterocycles. The van der Waals surface area contributed by atoms with Crippen molar-refractivity contribution in [1.82, 2.24) is 4.90 Å². The number of ether oxygens (including phenoxy) is 2. The third-order valence-electron chi connectivity index (χ3n) is 5.26. The molecule has 1 unspecified atom stereocenters. The van der Waals surface area contributed by atoms with Gasteiger partial charge in [0.15, 0.2) is 6.04 Å². The Morgan fingerprint density at radius 3 is 2.19 bits per heavy atom. The molecule has 0 fully saturated rings. The van der Waals surface area contributed by atoms with Gasteiger partial charge in [-0.25, -0.2) is 9.59 Å². The van der Waals surface area contributed by atoms with Crippen LogP contribution in [0.3, 0.4) is 0 Å². The summed E-state index contributed by atoms with van der Waals surface area (Å²) in [6.45, 7) is 0.793. The highest BCUT2D eigenvalue weighted by Gasteiger charge is 2.37. The van der Waals surface area contributed by atoms with Crippen molar-refractivity contribution >= 4 is 12.1 Å². The lowest BCUT2D eigenvalue weighted by molar-refractivity contribution is -0.143. The SMILES string of the molecule is O=C(O)C1c2ccc(OCc3ccccc3)cc2CCN1C(=O)OCc1ccccc1. The van der Waals surface area contributed by atoms with Gasteiger partial charge in [-0.2, -0.15) is 0 Å². The third-order valence-corrected chi connectivity index (χ3v) is 5.26. The second-order valence-electron chi connectivity index (χ2n) is 7.36. The maximum absolute atomic E-state index is 12.6. The molecule has 3 aromatic carbocycles. The Kier molecular flexibility index (Phi) is 6.17. The van der Waals surface area contributed by atoms with Crippen LogP contribution in [0.4, 0.5) is 4.79 Å². The molecule has 1 atom stereocenters. The quantitative estimate of drug-likeness (QED) is 0.635. The summed E-state index contributed by atoms with van der Waals surface area (Å²) in [5.74, 6) is -0.414. The number of aliphatic carboxylic acids is 1. The van der Waals surface area contributed by atoms with E-state index < -0.39 is 18.1 Å². The summed E-state index contributed by atoms with van der Waals surface area (Å²) in [6, 6.07) is 23.4. The first-order valence-corrected chi connectivity index (χ1v) is 10.1. The molecule has 1 aliphatic rings. The third kappa shape index (κ3) is 4.86. The Morgan fingerprint density at radius 2 is 1.55 bits per heavy atom. The largest absolute Gasteiger partial charge is 0.489 e. The first-order chi connectivity index (χ1) is 15.1. The van der Waals surface area contributed by atoms with Gasteiger partial charge in [-0.15, -0.1) is 0 Å². The maximum Gasteiger partial charge on any atom is 0.411 e. The fraction of sp³-hybridized carbons (Fsp3) is 0.200. The molecule has 1 aliphatic heterocycles. The summed E-state index contributed by atoms with van der Waals surface area (Å²) in [6.07, 6.45) is -0.103. The number of fused-ring (bicyclic) bond motifs is 1. The molecule has 0 aliphatic carbocycles. The van der Waals surface area contributed by atoms with E-state index in [1.54, 1.807) is 12.1 Å². The van der Waals surface area contributed by atoms with Gasteiger partial charge in [0.2, 0.25) is 0 Å². The molecular weight excluding hydrogens is 394 g/mol. The molecule has 0 spiro atoms. The number of carbonyl (C=O) groups excluding carboxylic acids is 1. The van der Waals surface area contributed by atoms with Crippen molar-refractivity contribution in [3.05, 3.63) is 101 Å². The number of amides is 1. The molecule has 158 valence electrons. The van der Waals surface area contributed by atoms with Gasteiger partial charge in [0, 0.05) is 6.54 Å². The number of rotatable bonds is 6. The van der Waals surface area contributed by atoms with Gasteiger partial charge in [-0.3, -0.25) is 4.90 Å². The minimum Gasteiger partial charge on any atom is -0.489 e. The lowest BCUT2D eigenvalue weighted by Crippen LogP contribution is -2.43. The molecule has 1 N–H and O–H groups in total. The van der Waals surface area contributed by atoms with Gasteiger partial charge in [0.05, 0.1) is 0 Å². The maximum atomic E-state index is 12.6. The fourth-order valence-corrected chi connectivity index (χ4v) is 3.70. The van der Waals surface area contributed by atoms with E-state index in [2.05, 4.69) is 0 Å². The van der Waals surface area contributed by atoms with Gasteiger partial charge in [0.25, 0.3) is 0 Å². The van der Waals surface area contributed by atoms with Gasteiger partial charge in [-0.1, -0.05) is 66.7 Å². The van der Waals surface area contributed by atoms with Crippen molar-refractivity contribution in [1.29, 1.82) is 0 Å². The Hall–Kier alpha value is -3.80. The Labute approximate surface area is 180 Å². The number of nitrogens with zero attached hydrogens (tertiary/aromatic N) is 1. The van der Waals surface area contributed by atoms with Crippen molar-refractivity contribution in [2.75, 3.05) is 6.54 Å². The zero-order valence-corrected chi connectivity index (χ0v) is 16.9. The average Bonchev–Trinajstić information content (AvgIpc) is 2.81. The van der Waals surface area contributed by atoms with E-state index in [4.69, 9.17) is 9.47 Å². The fourth-order valence-electron chi connectivity index (χ4n) is 3.70. The Morgan fingerprint density at radius 1 is 0.903 bits per heavy atom. The van der Waals surface area contributed by atoms with Gasteiger partial charge in [-0.05, 0) is 40.8 Å². The van der Waals surface area contributed by atoms with Crippen molar-refractivity contribution in [3.8, 4) is 5.75 Å². The first-order valence-electron chi connectivity index (χ1n) is 10.1. The molecule has 1 amide bonds. The molecular formula is C25H23NO5. The highest BCUT2D eigenvalue weighted by atomic mass is 16.6. The van der Waals surface area contributed by atoms with Crippen LogP contribution < -0.4 is 4.74 Å². The van der Waals surface area contributed by atoms with Crippen LogP contribution in [0.25, 0.3) is 0 Å². The predicted molar refractivity (Wildman–Crippen MR) is 115 cm³/mol.